The standard InChI is InChI=1S/C7H12N2O2/c1-4-6(7(10)11)3-9(4)5(2)8/h4,6,8H,3H2,1-2H3,(H,10,11)/t4-,6-/m1/s1. The predicted octanol–water partition coefficient (Wildman–Crippen LogP) is 0.388. The molecule has 1 saturated heterocycles. The van der Waals surface area contributed by atoms with Gasteiger partial charge in [-0.2, -0.15) is 0 Å². The van der Waals surface area contributed by atoms with Gasteiger partial charge in [-0.05, 0) is 13.8 Å². The number of amidine groups is 1. The molecule has 0 aromatic carbocycles. The van der Waals surface area contributed by atoms with E-state index in [1.807, 2.05) is 6.92 Å². The summed E-state index contributed by atoms with van der Waals surface area (Å²) in [6.45, 7) is 4.00. The van der Waals surface area contributed by atoms with E-state index in [4.69, 9.17) is 10.5 Å². The first-order valence-electron chi connectivity index (χ1n) is 3.58. The summed E-state index contributed by atoms with van der Waals surface area (Å²) < 4.78 is 0. The zero-order chi connectivity index (χ0) is 8.59. The van der Waals surface area contributed by atoms with Crippen molar-refractivity contribution in [3.8, 4) is 0 Å². The average molecular weight is 156 g/mol. The summed E-state index contributed by atoms with van der Waals surface area (Å²) in [6, 6.07) is -0.00926. The number of hydrogen-bond acceptors (Lipinski definition) is 2. The SMILES string of the molecule is CC(=N)N1C[C@@H](C(=O)O)[C@H]1C. The molecule has 0 aliphatic carbocycles. The first-order chi connectivity index (χ1) is 5.04. The second kappa shape index (κ2) is 2.53. The van der Waals surface area contributed by atoms with Gasteiger partial charge in [-0.15, -0.1) is 0 Å². The van der Waals surface area contributed by atoms with E-state index in [1.54, 1.807) is 11.8 Å². The van der Waals surface area contributed by atoms with Crippen molar-refractivity contribution < 1.29 is 9.90 Å². The monoisotopic (exact) mass is 156 g/mol. The van der Waals surface area contributed by atoms with E-state index in [1.165, 1.54) is 0 Å². The Kier molecular flexibility index (Phi) is 1.85. The van der Waals surface area contributed by atoms with Crippen LogP contribution in [0.3, 0.4) is 0 Å². The van der Waals surface area contributed by atoms with Gasteiger partial charge in [0.25, 0.3) is 0 Å². The Morgan fingerprint density at radius 1 is 1.73 bits per heavy atom. The van der Waals surface area contributed by atoms with Crippen molar-refractivity contribution in [3.05, 3.63) is 0 Å². The van der Waals surface area contributed by atoms with E-state index in [9.17, 15) is 4.79 Å². The lowest BCUT2D eigenvalue weighted by atomic mass is 9.90. The van der Waals surface area contributed by atoms with Gasteiger partial charge in [0.1, 0.15) is 0 Å². The fraction of sp³-hybridized carbons (Fsp3) is 0.714. The molecule has 0 bridgehead atoms. The molecule has 0 aromatic rings. The van der Waals surface area contributed by atoms with Crippen molar-refractivity contribution in [2.45, 2.75) is 19.9 Å². The van der Waals surface area contributed by atoms with Crippen molar-refractivity contribution in [2.75, 3.05) is 6.54 Å². The lowest BCUT2D eigenvalue weighted by molar-refractivity contribution is -0.148. The normalized spacial score (nSPS) is 29.5. The molecule has 0 spiro atoms. The highest BCUT2D eigenvalue weighted by molar-refractivity contribution is 5.81. The van der Waals surface area contributed by atoms with Gasteiger partial charge in [-0.25, -0.2) is 0 Å². The number of carbonyl (C=O) groups is 1. The maximum absolute atomic E-state index is 10.5. The van der Waals surface area contributed by atoms with Crippen LogP contribution < -0.4 is 0 Å². The third kappa shape index (κ3) is 1.20. The molecule has 4 heteroatoms. The fourth-order valence-electron chi connectivity index (χ4n) is 1.34. The van der Waals surface area contributed by atoms with Crippen LogP contribution in [0.2, 0.25) is 0 Å². The molecule has 0 unspecified atom stereocenters. The Hall–Kier alpha value is -1.06. The topological polar surface area (TPSA) is 64.4 Å². The summed E-state index contributed by atoms with van der Waals surface area (Å²) in [5.41, 5.74) is 0. The van der Waals surface area contributed by atoms with Crippen LogP contribution in [0.1, 0.15) is 13.8 Å². The molecule has 11 heavy (non-hydrogen) atoms. The molecule has 1 rings (SSSR count). The van der Waals surface area contributed by atoms with Crippen LogP contribution in [0.5, 0.6) is 0 Å². The van der Waals surface area contributed by atoms with Gasteiger partial charge in [0, 0.05) is 12.6 Å². The summed E-state index contributed by atoms with van der Waals surface area (Å²) in [5.74, 6) is -0.583. The minimum Gasteiger partial charge on any atom is -0.481 e. The molecule has 0 aromatic heterocycles. The summed E-state index contributed by atoms with van der Waals surface area (Å²) in [7, 11) is 0. The number of carboxylic acids is 1. The number of nitrogens with zero attached hydrogens (tertiary/aromatic N) is 1. The van der Waals surface area contributed by atoms with Gasteiger partial charge in [0.15, 0.2) is 0 Å². The summed E-state index contributed by atoms with van der Waals surface area (Å²) in [6.07, 6.45) is 0. The molecule has 0 radical (unpaired) electrons. The van der Waals surface area contributed by atoms with Gasteiger partial charge >= 0.3 is 5.97 Å². The van der Waals surface area contributed by atoms with Crippen LogP contribution in [0.25, 0.3) is 0 Å². The molecule has 2 atom stereocenters. The Morgan fingerprint density at radius 3 is 2.55 bits per heavy atom. The van der Waals surface area contributed by atoms with Crippen molar-refractivity contribution in [2.24, 2.45) is 5.92 Å². The molecule has 1 heterocycles. The minimum absolute atomic E-state index is 0.00926. The van der Waals surface area contributed by atoms with Gasteiger partial charge in [-0.3, -0.25) is 10.2 Å². The van der Waals surface area contributed by atoms with Crippen LogP contribution in [-0.4, -0.2) is 34.4 Å². The van der Waals surface area contributed by atoms with Crippen LogP contribution >= 0.6 is 0 Å². The molecule has 0 saturated carbocycles. The van der Waals surface area contributed by atoms with Gasteiger partial charge in [-0.1, -0.05) is 0 Å². The first-order valence-corrected chi connectivity index (χ1v) is 3.58. The smallest absolute Gasteiger partial charge is 0.310 e. The number of aliphatic carboxylic acids is 1. The van der Waals surface area contributed by atoms with Gasteiger partial charge < -0.3 is 10.0 Å². The van der Waals surface area contributed by atoms with Crippen LogP contribution in [0, 0.1) is 11.3 Å². The van der Waals surface area contributed by atoms with Crippen molar-refractivity contribution >= 4 is 11.8 Å². The molecule has 4 nitrogen and oxygen atoms in total. The number of hydrogen-bond donors (Lipinski definition) is 2. The fourth-order valence-corrected chi connectivity index (χ4v) is 1.34. The summed E-state index contributed by atoms with van der Waals surface area (Å²) in [5, 5.41) is 15.9. The number of nitrogens with one attached hydrogen (secondary N) is 1. The van der Waals surface area contributed by atoms with E-state index in [0.717, 1.165) is 0 Å². The third-order valence-electron chi connectivity index (χ3n) is 2.22. The van der Waals surface area contributed by atoms with E-state index in [-0.39, 0.29) is 12.0 Å². The maximum Gasteiger partial charge on any atom is 0.310 e. The minimum atomic E-state index is -0.755. The van der Waals surface area contributed by atoms with Crippen LogP contribution in [0.4, 0.5) is 0 Å². The Labute approximate surface area is 65.3 Å². The first kappa shape index (κ1) is 8.04. The van der Waals surface area contributed by atoms with Crippen LogP contribution in [0.15, 0.2) is 0 Å². The van der Waals surface area contributed by atoms with Crippen LogP contribution in [-0.2, 0) is 4.79 Å². The zero-order valence-electron chi connectivity index (χ0n) is 6.66. The van der Waals surface area contributed by atoms with Gasteiger partial charge in [0.2, 0.25) is 0 Å². The lowest BCUT2D eigenvalue weighted by Gasteiger charge is -2.44. The van der Waals surface area contributed by atoms with E-state index in [0.29, 0.717) is 12.4 Å². The molecule has 1 aliphatic rings. The largest absolute Gasteiger partial charge is 0.481 e. The molecule has 62 valence electrons. The van der Waals surface area contributed by atoms with Crippen molar-refractivity contribution in [1.82, 2.24) is 4.90 Å². The van der Waals surface area contributed by atoms with Crippen molar-refractivity contribution in [3.63, 3.8) is 0 Å². The summed E-state index contributed by atoms with van der Waals surface area (Å²) >= 11 is 0. The Balaban J connectivity index is 2.50. The third-order valence-corrected chi connectivity index (χ3v) is 2.22. The molecular weight excluding hydrogens is 144 g/mol. The molecular formula is C7H12N2O2. The number of rotatable bonds is 1. The second-order valence-corrected chi connectivity index (χ2v) is 2.92. The predicted molar refractivity (Wildman–Crippen MR) is 40.7 cm³/mol. The lowest BCUT2D eigenvalue weighted by Crippen LogP contribution is -2.59. The number of carboxylic acid groups (broad SMARTS) is 1. The number of likely N-dealkylation sites (tertiary alicyclic amines) is 1. The molecule has 1 aliphatic heterocycles. The van der Waals surface area contributed by atoms with E-state index >= 15 is 0 Å². The highest BCUT2D eigenvalue weighted by Gasteiger charge is 2.40. The highest BCUT2D eigenvalue weighted by atomic mass is 16.4. The second-order valence-electron chi connectivity index (χ2n) is 2.92. The van der Waals surface area contributed by atoms with E-state index < -0.39 is 5.97 Å². The molecule has 2 N–H and O–H groups in total. The highest BCUT2D eigenvalue weighted by Crippen LogP contribution is 2.24. The summed E-state index contributed by atoms with van der Waals surface area (Å²) in [4.78, 5) is 12.2. The van der Waals surface area contributed by atoms with Gasteiger partial charge in [0.05, 0.1) is 11.8 Å². The van der Waals surface area contributed by atoms with Crippen molar-refractivity contribution in [1.29, 1.82) is 5.41 Å². The Morgan fingerprint density at radius 2 is 2.27 bits per heavy atom. The molecule has 0 amide bonds. The maximum atomic E-state index is 10.5. The quantitative estimate of drug-likeness (QED) is 0.426. The average Bonchev–Trinajstić information content (AvgIpc) is 1.82. The molecule has 1 fully saturated rings. The Bertz CT molecular complexity index is 183. The zero-order valence-corrected chi connectivity index (χ0v) is 6.66. The van der Waals surface area contributed by atoms with E-state index in [2.05, 4.69) is 0 Å².